The molecule has 86 valence electrons. The van der Waals surface area contributed by atoms with Gasteiger partial charge < -0.3 is 4.74 Å². The standard InChI is InChI=1S/C11H10N4O2/c1-6-8(7-2-4-17-5-3-7)13-10-9(12-6)14-11(16)15-10/h2-4H,5H2,1H3,(H2,12,13,14,15,16). The van der Waals surface area contributed by atoms with Crippen LogP contribution >= 0.6 is 0 Å². The number of nitrogens with one attached hydrogen (secondary N) is 2. The molecule has 0 radical (unpaired) electrons. The van der Waals surface area contributed by atoms with Crippen LogP contribution in [0.5, 0.6) is 0 Å². The highest BCUT2D eigenvalue weighted by atomic mass is 16.5. The van der Waals surface area contributed by atoms with Crippen molar-refractivity contribution in [1.29, 1.82) is 0 Å². The van der Waals surface area contributed by atoms with E-state index in [2.05, 4.69) is 19.9 Å². The summed E-state index contributed by atoms with van der Waals surface area (Å²) in [5.74, 6) is 0. The summed E-state index contributed by atoms with van der Waals surface area (Å²) in [5, 5.41) is 0. The minimum atomic E-state index is -0.298. The number of hydrogen-bond acceptors (Lipinski definition) is 4. The third-order valence-corrected chi connectivity index (χ3v) is 2.55. The van der Waals surface area contributed by atoms with Crippen molar-refractivity contribution in [3.8, 4) is 0 Å². The van der Waals surface area contributed by atoms with E-state index in [1.54, 1.807) is 6.26 Å². The minimum absolute atomic E-state index is 0.298. The molecule has 0 amide bonds. The summed E-state index contributed by atoms with van der Waals surface area (Å²) in [5.41, 5.74) is 3.13. The number of aromatic amines is 2. The zero-order valence-corrected chi connectivity index (χ0v) is 9.15. The summed E-state index contributed by atoms with van der Waals surface area (Å²) in [4.78, 5) is 25.0. The number of aryl methyl sites for hydroxylation is 1. The maximum absolute atomic E-state index is 11.1. The van der Waals surface area contributed by atoms with Crippen LogP contribution in [0.4, 0.5) is 0 Å². The molecule has 6 nitrogen and oxygen atoms in total. The Morgan fingerprint density at radius 2 is 2.06 bits per heavy atom. The fourth-order valence-electron chi connectivity index (χ4n) is 1.77. The van der Waals surface area contributed by atoms with Gasteiger partial charge in [0.05, 0.1) is 17.6 Å². The number of rotatable bonds is 1. The third-order valence-electron chi connectivity index (χ3n) is 2.55. The molecule has 2 N–H and O–H groups in total. The van der Waals surface area contributed by atoms with Crippen molar-refractivity contribution in [2.24, 2.45) is 0 Å². The molecule has 0 aromatic carbocycles. The van der Waals surface area contributed by atoms with E-state index in [1.165, 1.54) is 0 Å². The van der Waals surface area contributed by atoms with Crippen molar-refractivity contribution < 1.29 is 4.74 Å². The van der Waals surface area contributed by atoms with Crippen molar-refractivity contribution in [2.45, 2.75) is 6.92 Å². The molecule has 0 unspecified atom stereocenters. The van der Waals surface area contributed by atoms with Gasteiger partial charge in [-0.05, 0) is 19.1 Å². The molecule has 1 aliphatic rings. The quantitative estimate of drug-likeness (QED) is 0.761. The second-order valence-corrected chi connectivity index (χ2v) is 3.73. The van der Waals surface area contributed by atoms with Gasteiger partial charge in [0.15, 0.2) is 11.3 Å². The van der Waals surface area contributed by atoms with Gasteiger partial charge >= 0.3 is 5.69 Å². The molecule has 0 spiro atoms. The Morgan fingerprint density at radius 1 is 1.29 bits per heavy atom. The van der Waals surface area contributed by atoms with E-state index in [0.29, 0.717) is 17.9 Å². The lowest BCUT2D eigenvalue weighted by Gasteiger charge is -2.09. The molecule has 17 heavy (non-hydrogen) atoms. The van der Waals surface area contributed by atoms with Gasteiger partial charge in [-0.2, -0.15) is 0 Å². The Hall–Kier alpha value is -2.37. The van der Waals surface area contributed by atoms with Crippen LogP contribution < -0.4 is 5.69 Å². The summed E-state index contributed by atoms with van der Waals surface area (Å²) in [6.45, 7) is 2.38. The molecular formula is C11H10N4O2. The number of hydrogen-bond donors (Lipinski definition) is 2. The molecule has 0 saturated heterocycles. The summed E-state index contributed by atoms with van der Waals surface area (Å²) in [6.07, 6.45) is 5.38. The Labute approximate surface area is 96.1 Å². The maximum atomic E-state index is 11.1. The van der Waals surface area contributed by atoms with Crippen molar-refractivity contribution >= 4 is 16.9 Å². The first kappa shape index (κ1) is 9.83. The lowest BCUT2D eigenvalue weighted by atomic mass is 10.1. The van der Waals surface area contributed by atoms with Gasteiger partial charge in [0.1, 0.15) is 6.61 Å². The predicted octanol–water partition coefficient (Wildman–Crippen LogP) is 0.882. The van der Waals surface area contributed by atoms with Crippen LogP contribution in [0.25, 0.3) is 16.9 Å². The molecule has 0 atom stereocenters. The fraction of sp³-hybridized carbons (Fsp3) is 0.182. The number of imidazole rings is 1. The van der Waals surface area contributed by atoms with Crippen molar-refractivity contribution in [1.82, 2.24) is 19.9 Å². The van der Waals surface area contributed by atoms with Crippen LogP contribution in [0.15, 0.2) is 23.2 Å². The van der Waals surface area contributed by atoms with Crippen LogP contribution in [0.1, 0.15) is 11.4 Å². The van der Waals surface area contributed by atoms with Crippen LogP contribution in [0, 0.1) is 6.92 Å². The van der Waals surface area contributed by atoms with Gasteiger partial charge in [0.25, 0.3) is 0 Å². The average molecular weight is 230 g/mol. The molecule has 0 aliphatic carbocycles. The predicted molar refractivity (Wildman–Crippen MR) is 62.3 cm³/mol. The molecule has 3 heterocycles. The van der Waals surface area contributed by atoms with E-state index < -0.39 is 0 Å². The first-order valence-corrected chi connectivity index (χ1v) is 5.19. The number of nitrogens with zero attached hydrogens (tertiary/aromatic N) is 2. The van der Waals surface area contributed by atoms with Crippen molar-refractivity contribution in [3.05, 3.63) is 40.3 Å². The number of allylic oxidation sites excluding steroid dienone is 2. The third kappa shape index (κ3) is 1.63. The van der Waals surface area contributed by atoms with Crippen LogP contribution in [0.3, 0.4) is 0 Å². The SMILES string of the molecule is Cc1nc2[nH]c(=O)[nH]c2nc1C1=CCOC=C1. The normalized spacial score (nSPS) is 14.8. The summed E-state index contributed by atoms with van der Waals surface area (Å²) in [6, 6.07) is 0. The average Bonchev–Trinajstić information content (AvgIpc) is 2.68. The van der Waals surface area contributed by atoms with E-state index in [1.807, 2.05) is 19.1 Å². The molecule has 0 fully saturated rings. The molecule has 3 rings (SSSR count). The van der Waals surface area contributed by atoms with Crippen LogP contribution in [-0.4, -0.2) is 26.5 Å². The number of ether oxygens (including phenoxy) is 1. The molecule has 6 heteroatoms. The molecule has 1 aliphatic heterocycles. The molecule has 0 saturated carbocycles. The van der Waals surface area contributed by atoms with E-state index >= 15 is 0 Å². The Kier molecular flexibility index (Phi) is 2.07. The lowest BCUT2D eigenvalue weighted by Crippen LogP contribution is -2.00. The van der Waals surface area contributed by atoms with Gasteiger partial charge in [0.2, 0.25) is 0 Å². The lowest BCUT2D eigenvalue weighted by molar-refractivity contribution is 0.287. The first-order valence-electron chi connectivity index (χ1n) is 5.19. The minimum Gasteiger partial charge on any atom is -0.497 e. The van der Waals surface area contributed by atoms with Crippen molar-refractivity contribution in [2.75, 3.05) is 6.61 Å². The van der Waals surface area contributed by atoms with Gasteiger partial charge in [-0.15, -0.1) is 0 Å². The van der Waals surface area contributed by atoms with Crippen molar-refractivity contribution in [3.63, 3.8) is 0 Å². The number of aromatic nitrogens is 4. The topological polar surface area (TPSA) is 83.7 Å². The van der Waals surface area contributed by atoms with Crippen LogP contribution in [0.2, 0.25) is 0 Å². The van der Waals surface area contributed by atoms with Crippen LogP contribution in [-0.2, 0) is 4.74 Å². The zero-order chi connectivity index (χ0) is 11.8. The van der Waals surface area contributed by atoms with Gasteiger partial charge in [0, 0.05) is 5.57 Å². The molecule has 2 aromatic rings. The molecule has 2 aromatic heterocycles. The highest BCUT2D eigenvalue weighted by Gasteiger charge is 2.11. The summed E-state index contributed by atoms with van der Waals surface area (Å²) >= 11 is 0. The second-order valence-electron chi connectivity index (χ2n) is 3.73. The Bertz CT molecular complexity index is 693. The molecule has 0 bridgehead atoms. The van der Waals surface area contributed by atoms with Gasteiger partial charge in [-0.1, -0.05) is 0 Å². The summed E-state index contributed by atoms with van der Waals surface area (Å²) in [7, 11) is 0. The highest BCUT2D eigenvalue weighted by Crippen LogP contribution is 2.20. The number of H-pyrrole nitrogens is 2. The Balaban J connectivity index is 2.22. The largest absolute Gasteiger partial charge is 0.497 e. The fourth-order valence-corrected chi connectivity index (χ4v) is 1.77. The second kappa shape index (κ2) is 3.58. The van der Waals surface area contributed by atoms with Gasteiger partial charge in [-0.3, -0.25) is 9.97 Å². The van der Waals surface area contributed by atoms with E-state index in [9.17, 15) is 4.79 Å². The summed E-state index contributed by atoms with van der Waals surface area (Å²) < 4.78 is 5.08. The molecular weight excluding hydrogens is 220 g/mol. The first-order chi connectivity index (χ1) is 8.24. The van der Waals surface area contributed by atoms with E-state index in [-0.39, 0.29) is 5.69 Å². The monoisotopic (exact) mass is 230 g/mol. The van der Waals surface area contributed by atoms with E-state index in [4.69, 9.17) is 4.74 Å². The Morgan fingerprint density at radius 3 is 2.76 bits per heavy atom. The van der Waals surface area contributed by atoms with E-state index in [0.717, 1.165) is 17.0 Å². The highest BCUT2D eigenvalue weighted by molar-refractivity contribution is 5.77. The van der Waals surface area contributed by atoms with Gasteiger partial charge in [-0.25, -0.2) is 14.8 Å². The smallest absolute Gasteiger partial charge is 0.326 e. The number of fused-ring (bicyclic) bond motifs is 1. The zero-order valence-electron chi connectivity index (χ0n) is 9.15. The maximum Gasteiger partial charge on any atom is 0.326 e.